The van der Waals surface area contributed by atoms with Gasteiger partial charge in [0.1, 0.15) is 6.17 Å². The van der Waals surface area contributed by atoms with E-state index >= 15 is 0 Å². The highest BCUT2D eigenvalue weighted by Crippen LogP contribution is 2.36. The number of rotatable bonds is 5. The minimum absolute atomic E-state index is 0.133. The van der Waals surface area contributed by atoms with Crippen molar-refractivity contribution in [3.63, 3.8) is 0 Å². The van der Waals surface area contributed by atoms with Gasteiger partial charge in [-0.05, 0) is 56.7 Å². The van der Waals surface area contributed by atoms with Crippen LogP contribution in [0.4, 0.5) is 15.8 Å². The monoisotopic (exact) mass is 357 g/mol. The predicted octanol–water partition coefficient (Wildman–Crippen LogP) is 4.04. The molecule has 0 radical (unpaired) electrons. The van der Waals surface area contributed by atoms with E-state index in [0.717, 1.165) is 61.7 Å². The molecule has 0 atom stereocenters. The summed E-state index contributed by atoms with van der Waals surface area (Å²) in [6.45, 7) is 7.84. The number of halogens is 1. The van der Waals surface area contributed by atoms with E-state index in [1.54, 1.807) is 0 Å². The molecule has 3 aliphatic rings. The van der Waals surface area contributed by atoms with E-state index in [9.17, 15) is 9.18 Å². The highest BCUT2D eigenvalue weighted by atomic mass is 19.1. The third-order valence-corrected chi connectivity index (χ3v) is 5.78. The lowest BCUT2D eigenvalue weighted by Gasteiger charge is -2.34. The molecule has 140 valence electrons. The number of nitrogens with one attached hydrogen (secondary N) is 1. The van der Waals surface area contributed by atoms with Crippen LogP contribution in [-0.4, -0.2) is 43.2 Å². The molecule has 1 amide bonds. The van der Waals surface area contributed by atoms with Crippen molar-refractivity contribution in [2.24, 2.45) is 5.92 Å². The molecule has 2 heterocycles. The van der Waals surface area contributed by atoms with Gasteiger partial charge < -0.3 is 15.1 Å². The van der Waals surface area contributed by atoms with Crippen molar-refractivity contribution < 1.29 is 9.18 Å². The number of piperidine rings is 1. The summed E-state index contributed by atoms with van der Waals surface area (Å²) in [6, 6.07) is 6.14. The molecule has 0 spiro atoms. The molecule has 0 aromatic heterocycles. The molecule has 1 aliphatic carbocycles. The number of likely N-dealkylation sites (tertiary alicyclic amines) is 1. The summed E-state index contributed by atoms with van der Waals surface area (Å²) >= 11 is 0. The van der Waals surface area contributed by atoms with Gasteiger partial charge in [0, 0.05) is 54.7 Å². The van der Waals surface area contributed by atoms with Crippen molar-refractivity contribution in [3.05, 3.63) is 30.3 Å². The van der Waals surface area contributed by atoms with Crippen molar-refractivity contribution in [2.45, 2.75) is 44.7 Å². The van der Waals surface area contributed by atoms with Crippen molar-refractivity contribution >= 4 is 23.0 Å². The van der Waals surface area contributed by atoms with Crippen molar-refractivity contribution in [1.82, 2.24) is 4.90 Å². The molecule has 5 heteroatoms. The van der Waals surface area contributed by atoms with Crippen molar-refractivity contribution in [2.75, 3.05) is 36.4 Å². The summed E-state index contributed by atoms with van der Waals surface area (Å²) in [5.74, 6) is 0.329. The van der Waals surface area contributed by atoms with Gasteiger partial charge in [0.15, 0.2) is 0 Å². The van der Waals surface area contributed by atoms with Crippen LogP contribution in [-0.2, 0) is 4.79 Å². The van der Waals surface area contributed by atoms with E-state index in [4.69, 9.17) is 0 Å². The largest absolute Gasteiger partial charge is 0.371 e. The second kappa shape index (κ2) is 7.29. The zero-order valence-electron chi connectivity index (χ0n) is 15.3. The number of anilines is 2. The Morgan fingerprint density at radius 1 is 1.08 bits per heavy atom. The SMILES string of the molecule is C=C(c1ccc(NC(=O)C2CC2)cc1N1CCCC1)N1CCC(F)CC1. The molecule has 0 unspecified atom stereocenters. The van der Waals surface area contributed by atoms with Crippen LogP contribution in [0.2, 0.25) is 0 Å². The molecule has 3 fully saturated rings. The Morgan fingerprint density at radius 3 is 2.42 bits per heavy atom. The molecule has 1 N–H and O–H groups in total. The van der Waals surface area contributed by atoms with E-state index < -0.39 is 6.17 Å². The first-order chi connectivity index (χ1) is 12.6. The minimum Gasteiger partial charge on any atom is -0.371 e. The number of amides is 1. The molecule has 1 aromatic rings. The summed E-state index contributed by atoms with van der Waals surface area (Å²) in [5.41, 5.74) is 4.08. The zero-order chi connectivity index (χ0) is 18.1. The fourth-order valence-electron chi connectivity index (χ4n) is 3.95. The van der Waals surface area contributed by atoms with Gasteiger partial charge in [-0.25, -0.2) is 4.39 Å². The molecular formula is C21H28FN3O. The molecular weight excluding hydrogens is 329 g/mol. The second-order valence-corrected chi connectivity index (χ2v) is 7.80. The molecule has 4 nitrogen and oxygen atoms in total. The van der Waals surface area contributed by atoms with E-state index in [2.05, 4.69) is 33.8 Å². The highest BCUT2D eigenvalue weighted by molar-refractivity contribution is 5.95. The Labute approximate surface area is 155 Å². The summed E-state index contributed by atoms with van der Waals surface area (Å²) < 4.78 is 13.5. The molecule has 1 aromatic carbocycles. The van der Waals surface area contributed by atoms with Gasteiger partial charge in [0.25, 0.3) is 0 Å². The summed E-state index contributed by atoms with van der Waals surface area (Å²) in [4.78, 5) is 16.7. The van der Waals surface area contributed by atoms with Crippen LogP contribution in [0.25, 0.3) is 5.70 Å². The van der Waals surface area contributed by atoms with Crippen LogP contribution in [0.5, 0.6) is 0 Å². The first-order valence-corrected chi connectivity index (χ1v) is 9.90. The molecule has 2 aliphatic heterocycles. The van der Waals surface area contributed by atoms with Gasteiger partial charge in [0.2, 0.25) is 5.91 Å². The summed E-state index contributed by atoms with van der Waals surface area (Å²) in [7, 11) is 0. The number of carbonyl (C=O) groups excluding carboxylic acids is 1. The van der Waals surface area contributed by atoms with Crippen LogP contribution in [0.3, 0.4) is 0 Å². The Hall–Kier alpha value is -2.04. The van der Waals surface area contributed by atoms with Gasteiger partial charge in [-0.3, -0.25) is 4.79 Å². The van der Waals surface area contributed by atoms with Crippen LogP contribution >= 0.6 is 0 Å². The molecule has 2 saturated heterocycles. The maximum atomic E-state index is 13.5. The number of alkyl halides is 1. The number of benzene rings is 1. The summed E-state index contributed by atoms with van der Waals surface area (Å²) in [5, 5.41) is 3.06. The van der Waals surface area contributed by atoms with Gasteiger partial charge in [-0.1, -0.05) is 6.58 Å². The molecule has 26 heavy (non-hydrogen) atoms. The normalized spacial score (nSPS) is 21.1. The lowest BCUT2D eigenvalue weighted by molar-refractivity contribution is -0.117. The average molecular weight is 357 g/mol. The zero-order valence-corrected chi connectivity index (χ0v) is 15.3. The lowest BCUT2D eigenvalue weighted by atomic mass is 10.0. The van der Waals surface area contributed by atoms with E-state index in [1.807, 2.05) is 6.07 Å². The van der Waals surface area contributed by atoms with Gasteiger partial charge in [-0.15, -0.1) is 0 Å². The van der Waals surface area contributed by atoms with Crippen LogP contribution < -0.4 is 10.2 Å². The highest BCUT2D eigenvalue weighted by Gasteiger charge is 2.30. The van der Waals surface area contributed by atoms with Gasteiger partial charge >= 0.3 is 0 Å². The maximum Gasteiger partial charge on any atom is 0.227 e. The average Bonchev–Trinajstić information content (AvgIpc) is 3.36. The Kier molecular flexibility index (Phi) is 4.88. The van der Waals surface area contributed by atoms with Crippen LogP contribution in [0, 0.1) is 5.92 Å². The summed E-state index contributed by atoms with van der Waals surface area (Å²) in [6.07, 6.45) is 4.86. The fourth-order valence-corrected chi connectivity index (χ4v) is 3.95. The number of nitrogens with zero attached hydrogens (tertiary/aromatic N) is 2. The maximum absolute atomic E-state index is 13.5. The number of hydrogen-bond donors (Lipinski definition) is 1. The Bertz CT molecular complexity index is 686. The lowest BCUT2D eigenvalue weighted by Crippen LogP contribution is -2.33. The minimum atomic E-state index is -0.683. The first kappa shape index (κ1) is 17.4. The Balaban J connectivity index is 1.57. The quantitative estimate of drug-likeness (QED) is 0.864. The van der Waals surface area contributed by atoms with Crippen LogP contribution in [0.1, 0.15) is 44.1 Å². The van der Waals surface area contributed by atoms with Crippen molar-refractivity contribution in [3.8, 4) is 0 Å². The molecule has 4 rings (SSSR count). The van der Waals surface area contributed by atoms with E-state index in [0.29, 0.717) is 12.8 Å². The third-order valence-electron chi connectivity index (χ3n) is 5.78. The molecule has 0 bridgehead atoms. The van der Waals surface area contributed by atoms with Gasteiger partial charge in [-0.2, -0.15) is 0 Å². The Morgan fingerprint density at radius 2 is 1.77 bits per heavy atom. The van der Waals surface area contributed by atoms with Gasteiger partial charge in [0.05, 0.1) is 0 Å². The fraction of sp³-hybridized carbons (Fsp3) is 0.571. The second-order valence-electron chi connectivity index (χ2n) is 7.80. The number of hydrogen-bond acceptors (Lipinski definition) is 3. The van der Waals surface area contributed by atoms with E-state index in [-0.39, 0.29) is 11.8 Å². The van der Waals surface area contributed by atoms with Crippen LogP contribution in [0.15, 0.2) is 24.8 Å². The predicted molar refractivity (Wildman–Crippen MR) is 104 cm³/mol. The number of carbonyl (C=O) groups is 1. The topological polar surface area (TPSA) is 35.6 Å². The smallest absolute Gasteiger partial charge is 0.227 e. The van der Waals surface area contributed by atoms with E-state index in [1.165, 1.54) is 12.8 Å². The standard InChI is InChI=1S/C21H28FN3O/c1-15(24-12-8-17(22)9-13-24)19-7-6-18(23-21(26)16-4-5-16)14-20(19)25-10-2-3-11-25/h6-7,14,16-17H,1-5,8-13H2,(H,23,26). The van der Waals surface area contributed by atoms with Crippen molar-refractivity contribution in [1.29, 1.82) is 0 Å². The molecule has 1 saturated carbocycles. The third kappa shape index (κ3) is 3.71. The first-order valence-electron chi connectivity index (χ1n) is 9.90.